The zero-order chi connectivity index (χ0) is 17.6. The Labute approximate surface area is 154 Å². The molecule has 0 spiro atoms. The van der Waals surface area contributed by atoms with Crippen LogP contribution in [0.3, 0.4) is 0 Å². The molecule has 0 unspecified atom stereocenters. The number of amides is 1. The zero-order valence-electron chi connectivity index (χ0n) is 13.0. The van der Waals surface area contributed by atoms with Crippen LogP contribution in [-0.4, -0.2) is 5.91 Å². The number of hydrogen-bond donors (Lipinski definition) is 2. The van der Waals surface area contributed by atoms with E-state index in [1.807, 2.05) is 48.5 Å². The molecule has 0 atom stereocenters. The lowest BCUT2D eigenvalue weighted by molar-refractivity contribution is 0.102. The summed E-state index contributed by atoms with van der Waals surface area (Å²) in [6, 6.07) is 20.3. The van der Waals surface area contributed by atoms with Crippen LogP contribution in [0.15, 0.2) is 77.7 Å². The molecule has 0 aliphatic heterocycles. The topological polar surface area (TPSA) is 41.1 Å². The minimum Gasteiger partial charge on any atom is -0.326 e. The Bertz CT molecular complexity index is 869. The molecule has 3 aromatic rings. The highest BCUT2D eigenvalue weighted by Gasteiger charge is 2.06. The van der Waals surface area contributed by atoms with E-state index in [4.69, 9.17) is 11.6 Å². The fourth-order valence-corrected chi connectivity index (χ4v) is 2.91. The van der Waals surface area contributed by atoms with Crippen molar-refractivity contribution in [3.63, 3.8) is 0 Å². The van der Waals surface area contributed by atoms with Crippen LogP contribution in [0.5, 0.6) is 0 Å². The molecule has 3 nitrogen and oxygen atoms in total. The van der Waals surface area contributed by atoms with Crippen molar-refractivity contribution in [1.82, 2.24) is 0 Å². The quantitative estimate of drug-likeness (QED) is 0.552. The average Bonchev–Trinajstić information content (AvgIpc) is 2.62. The molecule has 0 aliphatic rings. The minimum atomic E-state index is -0.370. The van der Waals surface area contributed by atoms with Gasteiger partial charge in [0.2, 0.25) is 0 Å². The van der Waals surface area contributed by atoms with E-state index in [9.17, 15) is 9.18 Å². The second-order valence-electron chi connectivity index (χ2n) is 5.20. The second-order valence-corrected chi connectivity index (χ2v) is 6.52. The van der Waals surface area contributed by atoms with Gasteiger partial charge in [0, 0.05) is 26.9 Å². The van der Waals surface area contributed by atoms with Crippen LogP contribution in [0.25, 0.3) is 0 Å². The maximum absolute atomic E-state index is 12.9. The number of nitrogens with one attached hydrogen (secondary N) is 2. The van der Waals surface area contributed by atoms with Crippen LogP contribution in [-0.2, 0) is 0 Å². The highest BCUT2D eigenvalue weighted by Crippen LogP contribution is 2.24. The van der Waals surface area contributed by atoms with E-state index in [2.05, 4.69) is 10.0 Å². The number of hydrogen-bond acceptors (Lipinski definition) is 3. The first-order valence-corrected chi connectivity index (χ1v) is 8.65. The van der Waals surface area contributed by atoms with Crippen molar-refractivity contribution < 1.29 is 9.18 Å². The van der Waals surface area contributed by atoms with Crippen molar-refractivity contribution in [1.29, 1.82) is 0 Å². The zero-order valence-corrected chi connectivity index (χ0v) is 14.6. The number of halogens is 2. The maximum Gasteiger partial charge on any atom is 0.255 e. The van der Waals surface area contributed by atoms with Gasteiger partial charge in [-0.3, -0.25) is 4.79 Å². The van der Waals surface area contributed by atoms with Crippen molar-refractivity contribution in [3.05, 3.63) is 89.2 Å². The predicted molar refractivity (Wildman–Crippen MR) is 102 cm³/mol. The van der Waals surface area contributed by atoms with Gasteiger partial charge in [0.1, 0.15) is 5.82 Å². The Morgan fingerprint density at radius 2 is 1.64 bits per heavy atom. The normalized spacial score (nSPS) is 10.3. The van der Waals surface area contributed by atoms with Gasteiger partial charge in [0.25, 0.3) is 5.91 Å². The van der Waals surface area contributed by atoms with E-state index in [0.717, 1.165) is 10.6 Å². The van der Waals surface area contributed by atoms with Gasteiger partial charge in [-0.25, -0.2) is 4.39 Å². The van der Waals surface area contributed by atoms with Crippen molar-refractivity contribution in [3.8, 4) is 0 Å². The summed E-state index contributed by atoms with van der Waals surface area (Å²) >= 11 is 7.39. The summed E-state index contributed by atoms with van der Waals surface area (Å²) in [7, 11) is 0. The average molecular weight is 373 g/mol. The fourth-order valence-electron chi connectivity index (χ4n) is 2.08. The van der Waals surface area contributed by atoms with Crippen LogP contribution in [0.4, 0.5) is 15.8 Å². The standard InChI is InChI=1S/C19H14ClFN2OS/c20-14-2-1-3-17(12-14)23-25-18-10-8-16(9-11-18)22-19(24)13-4-6-15(21)7-5-13/h1-12,23H,(H,22,24). The van der Waals surface area contributed by atoms with Gasteiger partial charge in [-0.2, -0.15) is 0 Å². The molecule has 25 heavy (non-hydrogen) atoms. The third-order valence-corrected chi connectivity index (χ3v) is 4.41. The molecule has 0 saturated carbocycles. The number of carbonyl (C=O) groups is 1. The Kier molecular flexibility index (Phi) is 5.58. The van der Waals surface area contributed by atoms with Crippen molar-refractivity contribution in [2.45, 2.75) is 4.90 Å². The minimum absolute atomic E-state index is 0.280. The van der Waals surface area contributed by atoms with E-state index < -0.39 is 0 Å². The molecule has 0 radical (unpaired) electrons. The summed E-state index contributed by atoms with van der Waals surface area (Å²) in [5.74, 6) is -0.650. The van der Waals surface area contributed by atoms with E-state index in [1.54, 1.807) is 0 Å². The van der Waals surface area contributed by atoms with Crippen molar-refractivity contribution >= 4 is 40.8 Å². The number of carbonyl (C=O) groups excluding carboxylic acids is 1. The summed E-state index contributed by atoms with van der Waals surface area (Å²) in [6.45, 7) is 0. The van der Waals surface area contributed by atoms with Crippen molar-refractivity contribution in [2.75, 3.05) is 10.0 Å². The largest absolute Gasteiger partial charge is 0.326 e. The Morgan fingerprint density at radius 1 is 0.920 bits per heavy atom. The second kappa shape index (κ2) is 8.05. The molecule has 2 N–H and O–H groups in total. The molecule has 3 rings (SSSR count). The molecule has 126 valence electrons. The molecule has 0 aliphatic carbocycles. The molecule has 0 heterocycles. The molecule has 0 saturated heterocycles. The maximum atomic E-state index is 12.9. The summed E-state index contributed by atoms with van der Waals surface area (Å²) < 4.78 is 16.1. The Balaban J connectivity index is 1.58. The van der Waals surface area contributed by atoms with Gasteiger partial charge in [-0.1, -0.05) is 17.7 Å². The predicted octanol–water partition coefficient (Wildman–Crippen LogP) is 5.85. The first kappa shape index (κ1) is 17.3. The highest BCUT2D eigenvalue weighted by molar-refractivity contribution is 8.00. The Morgan fingerprint density at radius 3 is 2.32 bits per heavy atom. The van der Waals surface area contributed by atoms with E-state index >= 15 is 0 Å². The molecule has 0 fully saturated rings. The number of anilines is 2. The Hall–Kier alpha value is -2.50. The molecule has 0 bridgehead atoms. The van der Waals surface area contributed by atoms with Gasteiger partial charge in [-0.05, 0) is 78.7 Å². The lowest BCUT2D eigenvalue weighted by Gasteiger charge is -2.08. The van der Waals surface area contributed by atoms with Crippen LogP contribution in [0.2, 0.25) is 5.02 Å². The molecule has 0 aromatic heterocycles. The van der Waals surface area contributed by atoms with Gasteiger partial charge < -0.3 is 10.0 Å². The summed E-state index contributed by atoms with van der Waals surface area (Å²) in [6.07, 6.45) is 0. The van der Waals surface area contributed by atoms with Crippen LogP contribution in [0.1, 0.15) is 10.4 Å². The third kappa shape index (κ3) is 4.98. The molecular weight excluding hydrogens is 359 g/mol. The summed E-state index contributed by atoms with van der Waals surface area (Å²) in [5.41, 5.74) is 1.98. The van der Waals surface area contributed by atoms with E-state index in [0.29, 0.717) is 16.3 Å². The molecular formula is C19H14ClFN2OS. The lowest BCUT2D eigenvalue weighted by atomic mass is 10.2. The highest BCUT2D eigenvalue weighted by atomic mass is 35.5. The number of benzene rings is 3. The third-order valence-electron chi connectivity index (χ3n) is 3.33. The van der Waals surface area contributed by atoms with Crippen molar-refractivity contribution in [2.24, 2.45) is 0 Å². The SMILES string of the molecule is O=C(Nc1ccc(SNc2cccc(Cl)c2)cc1)c1ccc(F)cc1. The first-order valence-electron chi connectivity index (χ1n) is 7.45. The summed E-state index contributed by atoms with van der Waals surface area (Å²) in [4.78, 5) is 13.1. The van der Waals surface area contributed by atoms with Gasteiger partial charge in [-0.15, -0.1) is 0 Å². The summed E-state index contributed by atoms with van der Waals surface area (Å²) in [5, 5.41) is 3.45. The van der Waals surface area contributed by atoms with Crippen LogP contribution < -0.4 is 10.0 Å². The van der Waals surface area contributed by atoms with Gasteiger partial charge >= 0.3 is 0 Å². The van der Waals surface area contributed by atoms with Gasteiger partial charge in [0.05, 0.1) is 0 Å². The fraction of sp³-hybridized carbons (Fsp3) is 0. The smallest absolute Gasteiger partial charge is 0.255 e. The first-order chi connectivity index (χ1) is 12.1. The number of rotatable bonds is 5. The van der Waals surface area contributed by atoms with Crippen LogP contribution in [0, 0.1) is 5.82 Å². The lowest BCUT2D eigenvalue weighted by Crippen LogP contribution is -2.11. The molecule has 6 heteroatoms. The molecule has 1 amide bonds. The van der Waals surface area contributed by atoms with E-state index in [1.165, 1.54) is 36.2 Å². The molecule has 3 aromatic carbocycles. The van der Waals surface area contributed by atoms with Crippen LogP contribution >= 0.6 is 23.5 Å². The monoisotopic (exact) mass is 372 g/mol. The van der Waals surface area contributed by atoms with E-state index in [-0.39, 0.29) is 11.7 Å². The van der Waals surface area contributed by atoms with Gasteiger partial charge in [0.15, 0.2) is 0 Å².